The molecule has 0 aliphatic rings. The normalized spacial score (nSPS) is 11.4. The van der Waals surface area contributed by atoms with Crippen LogP contribution in [0.4, 0.5) is 5.95 Å². The molecule has 8 heteroatoms. The molecule has 2 amide bonds. The summed E-state index contributed by atoms with van der Waals surface area (Å²) >= 11 is 6.04. The molecule has 1 aromatic heterocycles. The van der Waals surface area contributed by atoms with E-state index in [1.165, 1.54) is 0 Å². The number of nitrogens with zero attached hydrogens (tertiary/aromatic N) is 3. The van der Waals surface area contributed by atoms with Gasteiger partial charge in [-0.2, -0.15) is 0 Å². The highest BCUT2D eigenvalue weighted by Gasteiger charge is 2.21. The molecule has 0 bridgehead atoms. The third kappa shape index (κ3) is 6.36. The number of benzene rings is 2. The first-order valence-corrected chi connectivity index (χ1v) is 12.1. The van der Waals surface area contributed by atoms with Crippen molar-refractivity contribution in [2.75, 3.05) is 25.0 Å². The van der Waals surface area contributed by atoms with E-state index >= 15 is 0 Å². The molecule has 2 aromatic carbocycles. The van der Waals surface area contributed by atoms with Crippen LogP contribution in [0.5, 0.6) is 0 Å². The molecular weight excluding hydrogens is 450 g/mol. The number of anilines is 1. The Balaban J connectivity index is 1.97. The van der Waals surface area contributed by atoms with Crippen molar-refractivity contribution >= 4 is 40.4 Å². The fourth-order valence-corrected chi connectivity index (χ4v) is 4.13. The summed E-state index contributed by atoms with van der Waals surface area (Å²) in [7, 11) is 0. The second kappa shape index (κ2) is 11.5. The lowest BCUT2D eigenvalue weighted by Crippen LogP contribution is -2.37. The van der Waals surface area contributed by atoms with Gasteiger partial charge in [0.15, 0.2) is 0 Å². The van der Waals surface area contributed by atoms with Crippen molar-refractivity contribution in [3.05, 3.63) is 58.6 Å². The molecule has 3 N–H and O–H groups in total. The number of imidazole rings is 1. The summed E-state index contributed by atoms with van der Waals surface area (Å²) in [6.07, 6.45) is 0.705. The minimum Gasteiger partial charge on any atom is -0.338 e. The van der Waals surface area contributed by atoms with Gasteiger partial charge in [-0.05, 0) is 61.2 Å². The van der Waals surface area contributed by atoms with Crippen LogP contribution < -0.4 is 11.1 Å². The molecular formula is C26H34ClN5O2. The van der Waals surface area contributed by atoms with Crippen molar-refractivity contribution in [3.8, 4) is 0 Å². The fourth-order valence-electron chi connectivity index (χ4n) is 3.93. The Hall–Kier alpha value is -2.90. The summed E-state index contributed by atoms with van der Waals surface area (Å²) in [4.78, 5) is 32.8. The van der Waals surface area contributed by atoms with E-state index in [9.17, 15) is 9.59 Å². The molecule has 0 aliphatic heterocycles. The SMILES string of the molecule is CC(C)CN(CC(C)C)C(=O)c1ccc2nc(NC(=O)c3cccc(Cl)c3)n(CCCN)c2c1. The van der Waals surface area contributed by atoms with E-state index in [4.69, 9.17) is 17.3 Å². The number of amides is 2. The number of carbonyl (C=O) groups is 2. The predicted molar refractivity (Wildman–Crippen MR) is 138 cm³/mol. The number of aryl methyl sites for hydroxylation is 1. The average Bonchev–Trinajstić information content (AvgIpc) is 3.12. The minimum absolute atomic E-state index is 0.000359. The van der Waals surface area contributed by atoms with Crippen LogP contribution in [0.1, 0.15) is 54.8 Å². The minimum atomic E-state index is -0.303. The zero-order chi connectivity index (χ0) is 24.8. The molecule has 3 aromatic rings. The van der Waals surface area contributed by atoms with Gasteiger partial charge in [0.2, 0.25) is 5.95 Å². The Morgan fingerprint density at radius 3 is 2.38 bits per heavy atom. The van der Waals surface area contributed by atoms with Crippen molar-refractivity contribution in [2.45, 2.75) is 40.7 Å². The summed E-state index contributed by atoms with van der Waals surface area (Å²) in [5, 5.41) is 3.38. The van der Waals surface area contributed by atoms with Gasteiger partial charge in [-0.15, -0.1) is 0 Å². The molecule has 0 atom stereocenters. The van der Waals surface area contributed by atoms with Crippen molar-refractivity contribution in [2.24, 2.45) is 17.6 Å². The topological polar surface area (TPSA) is 93.2 Å². The van der Waals surface area contributed by atoms with Crippen LogP contribution in [-0.2, 0) is 6.54 Å². The van der Waals surface area contributed by atoms with Crippen molar-refractivity contribution in [1.29, 1.82) is 0 Å². The van der Waals surface area contributed by atoms with Gasteiger partial charge in [-0.3, -0.25) is 14.9 Å². The van der Waals surface area contributed by atoms with Gasteiger partial charge in [0.1, 0.15) is 0 Å². The number of carbonyl (C=O) groups excluding carboxylic acids is 2. The van der Waals surface area contributed by atoms with Crippen molar-refractivity contribution in [3.63, 3.8) is 0 Å². The maximum absolute atomic E-state index is 13.4. The highest BCUT2D eigenvalue weighted by molar-refractivity contribution is 6.31. The summed E-state index contributed by atoms with van der Waals surface area (Å²) in [6.45, 7) is 10.9. The summed E-state index contributed by atoms with van der Waals surface area (Å²) in [5.74, 6) is 0.854. The average molecular weight is 484 g/mol. The quantitative estimate of drug-likeness (QED) is 0.422. The Bertz CT molecular complexity index is 1150. The maximum atomic E-state index is 13.4. The van der Waals surface area contributed by atoms with E-state index in [0.717, 1.165) is 5.52 Å². The standard InChI is InChI=1S/C26H34ClN5O2/c1-17(2)15-31(16-18(3)4)25(34)20-9-10-22-23(14-20)32(12-6-11-28)26(29-22)30-24(33)19-7-5-8-21(27)13-19/h5,7-10,13-14,17-18H,6,11-12,15-16,28H2,1-4H3,(H,29,30,33). The van der Waals surface area contributed by atoms with Gasteiger partial charge in [-0.25, -0.2) is 4.98 Å². The first kappa shape index (κ1) is 25.7. The van der Waals surface area contributed by atoms with Gasteiger partial charge in [0.25, 0.3) is 11.8 Å². The Labute approximate surface area is 206 Å². The smallest absolute Gasteiger partial charge is 0.258 e. The van der Waals surface area contributed by atoms with Crippen LogP contribution in [0.15, 0.2) is 42.5 Å². The number of fused-ring (bicyclic) bond motifs is 1. The molecule has 0 saturated carbocycles. The van der Waals surface area contributed by atoms with Crippen LogP contribution in [0.25, 0.3) is 11.0 Å². The third-order valence-electron chi connectivity index (χ3n) is 5.35. The maximum Gasteiger partial charge on any atom is 0.258 e. The summed E-state index contributed by atoms with van der Waals surface area (Å²) in [6, 6.07) is 12.3. The second-order valence-electron chi connectivity index (χ2n) is 9.40. The van der Waals surface area contributed by atoms with E-state index < -0.39 is 0 Å². The first-order chi connectivity index (χ1) is 16.2. The largest absolute Gasteiger partial charge is 0.338 e. The van der Waals surface area contributed by atoms with E-state index in [1.54, 1.807) is 30.3 Å². The Morgan fingerprint density at radius 2 is 1.76 bits per heavy atom. The molecule has 0 aliphatic carbocycles. The van der Waals surface area contributed by atoms with Crippen LogP contribution in [0.3, 0.4) is 0 Å². The number of hydrogen-bond acceptors (Lipinski definition) is 4. The summed E-state index contributed by atoms with van der Waals surface area (Å²) < 4.78 is 1.91. The van der Waals surface area contributed by atoms with Gasteiger partial charge in [0.05, 0.1) is 11.0 Å². The Morgan fingerprint density at radius 1 is 1.06 bits per heavy atom. The lowest BCUT2D eigenvalue weighted by Gasteiger charge is -2.26. The molecule has 0 radical (unpaired) electrons. The molecule has 34 heavy (non-hydrogen) atoms. The summed E-state index contributed by atoms with van der Waals surface area (Å²) in [5.41, 5.74) is 8.30. The number of hydrogen-bond donors (Lipinski definition) is 2. The molecule has 0 unspecified atom stereocenters. The van der Waals surface area contributed by atoms with Crippen LogP contribution in [0, 0.1) is 11.8 Å². The van der Waals surface area contributed by atoms with E-state index in [0.29, 0.717) is 72.1 Å². The molecule has 0 spiro atoms. The fraction of sp³-hybridized carbons (Fsp3) is 0.423. The lowest BCUT2D eigenvalue weighted by molar-refractivity contribution is 0.0715. The van der Waals surface area contributed by atoms with E-state index in [2.05, 4.69) is 38.0 Å². The third-order valence-corrected chi connectivity index (χ3v) is 5.59. The van der Waals surface area contributed by atoms with Crippen LogP contribution in [-0.4, -0.2) is 45.9 Å². The highest BCUT2D eigenvalue weighted by Crippen LogP contribution is 2.24. The number of nitrogens with one attached hydrogen (secondary N) is 1. The zero-order valence-corrected chi connectivity index (χ0v) is 21.1. The van der Waals surface area contributed by atoms with Crippen LogP contribution in [0.2, 0.25) is 5.02 Å². The van der Waals surface area contributed by atoms with Crippen molar-refractivity contribution in [1.82, 2.24) is 14.5 Å². The number of halogens is 1. The molecule has 3 rings (SSSR count). The lowest BCUT2D eigenvalue weighted by atomic mass is 10.1. The predicted octanol–water partition coefficient (Wildman–Crippen LogP) is 5.05. The molecule has 182 valence electrons. The number of nitrogens with two attached hydrogens (primary N) is 1. The van der Waals surface area contributed by atoms with Crippen LogP contribution >= 0.6 is 11.6 Å². The number of aromatic nitrogens is 2. The van der Waals surface area contributed by atoms with Gasteiger partial charge >= 0.3 is 0 Å². The second-order valence-corrected chi connectivity index (χ2v) is 9.83. The molecule has 7 nitrogen and oxygen atoms in total. The highest BCUT2D eigenvalue weighted by atomic mass is 35.5. The first-order valence-electron chi connectivity index (χ1n) is 11.8. The van der Waals surface area contributed by atoms with Crippen molar-refractivity contribution < 1.29 is 9.59 Å². The van der Waals surface area contributed by atoms with Gasteiger partial charge < -0.3 is 15.2 Å². The van der Waals surface area contributed by atoms with Gasteiger partial charge in [-0.1, -0.05) is 45.4 Å². The molecule has 0 saturated heterocycles. The molecule has 1 heterocycles. The molecule has 0 fully saturated rings. The monoisotopic (exact) mass is 483 g/mol. The number of rotatable bonds is 10. The van der Waals surface area contributed by atoms with E-state index in [-0.39, 0.29) is 11.8 Å². The Kier molecular flexibility index (Phi) is 8.69. The zero-order valence-electron chi connectivity index (χ0n) is 20.3. The van der Waals surface area contributed by atoms with E-state index in [1.807, 2.05) is 21.6 Å². The van der Waals surface area contributed by atoms with Gasteiger partial charge in [0, 0.05) is 35.8 Å².